The van der Waals surface area contributed by atoms with Crippen molar-refractivity contribution in [2.75, 3.05) is 0 Å². The zero-order valence-corrected chi connectivity index (χ0v) is 14.1. The topological polar surface area (TPSA) is 0 Å². The molecule has 20 heavy (non-hydrogen) atoms. The molecule has 3 rings (SSSR count). The number of hydrogen-bond donors (Lipinski definition) is 0. The fraction of sp³-hybridized carbons (Fsp3) is 0.900. The molecule has 3 aliphatic carbocycles. The minimum Gasteiger partial charge on any atom is -0.0993 e. The first-order valence-electron chi connectivity index (χ1n) is 9.10. The molecule has 0 amide bonds. The summed E-state index contributed by atoms with van der Waals surface area (Å²) in [7, 11) is 0. The Morgan fingerprint density at radius 1 is 0.950 bits per heavy atom. The van der Waals surface area contributed by atoms with E-state index in [1.54, 1.807) is 5.57 Å². The second kappa shape index (κ2) is 5.18. The molecule has 3 aliphatic rings. The Bertz CT molecular complexity index is 369. The van der Waals surface area contributed by atoms with Gasteiger partial charge in [-0.3, -0.25) is 0 Å². The zero-order chi connectivity index (χ0) is 14.5. The van der Waals surface area contributed by atoms with Crippen LogP contribution in [0.1, 0.15) is 72.6 Å². The van der Waals surface area contributed by atoms with E-state index in [0.29, 0.717) is 5.41 Å². The maximum Gasteiger partial charge on any atom is -0.0146 e. The lowest BCUT2D eigenvalue weighted by Gasteiger charge is -2.38. The Labute approximate surface area is 126 Å². The Morgan fingerprint density at radius 2 is 1.60 bits per heavy atom. The van der Waals surface area contributed by atoms with Gasteiger partial charge in [-0.15, -0.1) is 0 Å². The summed E-state index contributed by atoms with van der Waals surface area (Å²) in [4.78, 5) is 0. The highest BCUT2D eigenvalue weighted by atomic mass is 14.6. The molecule has 0 aromatic heterocycles. The molecule has 0 aliphatic heterocycles. The fourth-order valence-corrected chi connectivity index (χ4v) is 5.97. The Morgan fingerprint density at radius 3 is 2.20 bits per heavy atom. The average molecular weight is 274 g/mol. The quantitative estimate of drug-likeness (QED) is 0.535. The number of fused-ring (bicyclic) bond motifs is 1. The summed E-state index contributed by atoms with van der Waals surface area (Å²) in [6.45, 7) is 14.7. The van der Waals surface area contributed by atoms with Gasteiger partial charge < -0.3 is 0 Å². The molecule has 0 bridgehead atoms. The van der Waals surface area contributed by atoms with Gasteiger partial charge in [0.1, 0.15) is 0 Å². The monoisotopic (exact) mass is 274 g/mol. The third-order valence-electron chi connectivity index (χ3n) is 7.53. The minimum absolute atomic E-state index is 0.509. The predicted molar refractivity (Wildman–Crippen MR) is 87.5 cm³/mol. The van der Waals surface area contributed by atoms with Crippen LogP contribution in [0.5, 0.6) is 0 Å². The molecule has 0 saturated heterocycles. The molecule has 3 fully saturated rings. The van der Waals surface area contributed by atoms with E-state index in [1.165, 1.54) is 44.9 Å². The van der Waals surface area contributed by atoms with Crippen molar-refractivity contribution in [1.82, 2.24) is 0 Å². The molecule has 114 valence electrons. The molecule has 0 heterocycles. The van der Waals surface area contributed by atoms with Gasteiger partial charge >= 0.3 is 0 Å². The molecule has 4 atom stereocenters. The predicted octanol–water partition coefficient (Wildman–Crippen LogP) is 6.08. The maximum absolute atomic E-state index is 4.63. The summed E-state index contributed by atoms with van der Waals surface area (Å²) in [5.41, 5.74) is 2.15. The molecule has 0 spiro atoms. The summed E-state index contributed by atoms with van der Waals surface area (Å²) < 4.78 is 0. The van der Waals surface area contributed by atoms with Crippen LogP contribution in [0.3, 0.4) is 0 Å². The van der Waals surface area contributed by atoms with E-state index in [0.717, 1.165) is 35.5 Å². The van der Waals surface area contributed by atoms with Crippen LogP contribution in [0, 0.1) is 40.9 Å². The Kier molecular flexibility index (Phi) is 3.80. The first-order chi connectivity index (χ1) is 9.41. The van der Waals surface area contributed by atoms with Gasteiger partial charge in [0.05, 0.1) is 0 Å². The smallest absolute Gasteiger partial charge is 0.0146 e. The average Bonchev–Trinajstić information content (AvgIpc) is 2.89. The molecule has 0 aromatic carbocycles. The van der Waals surface area contributed by atoms with E-state index in [-0.39, 0.29) is 0 Å². The summed E-state index contributed by atoms with van der Waals surface area (Å²) >= 11 is 0. The number of hydrogen-bond acceptors (Lipinski definition) is 0. The second-order valence-corrected chi connectivity index (χ2v) is 8.97. The van der Waals surface area contributed by atoms with E-state index < -0.39 is 0 Å². The van der Waals surface area contributed by atoms with E-state index in [2.05, 4.69) is 34.3 Å². The highest BCUT2D eigenvalue weighted by Crippen LogP contribution is 2.62. The van der Waals surface area contributed by atoms with E-state index in [4.69, 9.17) is 0 Å². The van der Waals surface area contributed by atoms with Crippen LogP contribution >= 0.6 is 0 Å². The summed E-state index contributed by atoms with van der Waals surface area (Å²) in [5.74, 6) is 5.53. The highest BCUT2D eigenvalue weighted by Gasteiger charge is 2.53. The van der Waals surface area contributed by atoms with Gasteiger partial charge in [0.25, 0.3) is 0 Å². The van der Waals surface area contributed by atoms with Crippen LogP contribution < -0.4 is 0 Å². The van der Waals surface area contributed by atoms with Gasteiger partial charge in [-0.1, -0.05) is 59.1 Å². The number of rotatable bonds is 2. The summed E-state index contributed by atoms with van der Waals surface area (Å²) in [6.07, 6.45) is 10.1. The van der Waals surface area contributed by atoms with Gasteiger partial charge in [-0.25, -0.2) is 0 Å². The van der Waals surface area contributed by atoms with E-state index in [9.17, 15) is 0 Å². The molecule has 0 heteroatoms. The summed E-state index contributed by atoms with van der Waals surface area (Å²) in [5, 5.41) is 0. The molecule has 0 nitrogen and oxygen atoms in total. The zero-order valence-electron chi connectivity index (χ0n) is 14.1. The normalized spacial score (nSPS) is 47.2. The van der Waals surface area contributed by atoms with Crippen molar-refractivity contribution in [3.05, 3.63) is 12.2 Å². The van der Waals surface area contributed by atoms with Crippen molar-refractivity contribution in [3.8, 4) is 0 Å². The van der Waals surface area contributed by atoms with Crippen molar-refractivity contribution in [1.29, 1.82) is 0 Å². The standard InChI is InChI=1S/C20H34/c1-13-6-9-16(10-7-13)15(3)19-12-17-14(2)8-11-18(17)20(19,4)5/h13-14,16-19H,3,6-12H2,1-2,4-5H3/t13?,14?,16?,17-,18+,19+/m0/s1. The van der Waals surface area contributed by atoms with Crippen molar-refractivity contribution in [3.63, 3.8) is 0 Å². The molecule has 0 radical (unpaired) electrons. The highest BCUT2D eigenvalue weighted by molar-refractivity contribution is 5.17. The van der Waals surface area contributed by atoms with Gasteiger partial charge in [-0.05, 0) is 66.6 Å². The van der Waals surface area contributed by atoms with Crippen molar-refractivity contribution in [2.45, 2.75) is 72.6 Å². The Balaban J connectivity index is 1.72. The molecule has 0 aromatic rings. The lowest BCUT2D eigenvalue weighted by atomic mass is 9.67. The van der Waals surface area contributed by atoms with Crippen molar-refractivity contribution < 1.29 is 0 Å². The number of allylic oxidation sites excluding steroid dienone is 1. The first-order valence-corrected chi connectivity index (χ1v) is 9.10. The molecule has 0 N–H and O–H groups in total. The van der Waals surface area contributed by atoms with Crippen LogP contribution in [0.4, 0.5) is 0 Å². The SMILES string of the molecule is C=C(C1CCC(C)CC1)[C@H]1C[C@H]2C(C)CC[C@H]2C1(C)C. The van der Waals surface area contributed by atoms with Crippen LogP contribution in [0.25, 0.3) is 0 Å². The Hall–Kier alpha value is -0.260. The first kappa shape index (κ1) is 14.7. The molecule has 3 saturated carbocycles. The van der Waals surface area contributed by atoms with Crippen LogP contribution in [0.2, 0.25) is 0 Å². The molecular formula is C20H34. The van der Waals surface area contributed by atoms with Crippen LogP contribution in [-0.2, 0) is 0 Å². The lowest BCUT2D eigenvalue weighted by Crippen LogP contribution is -2.29. The molecule has 1 unspecified atom stereocenters. The van der Waals surface area contributed by atoms with Crippen molar-refractivity contribution in [2.24, 2.45) is 40.9 Å². The van der Waals surface area contributed by atoms with E-state index >= 15 is 0 Å². The van der Waals surface area contributed by atoms with Gasteiger partial charge in [0.2, 0.25) is 0 Å². The van der Waals surface area contributed by atoms with Gasteiger partial charge in [-0.2, -0.15) is 0 Å². The van der Waals surface area contributed by atoms with E-state index in [1.807, 2.05) is 0 Å². The maximum atomic E-state index is 4.63. The van der Waals surface area contributed by atoms with Crippen LogP contribution in [-0.4, -0.2) is 0 Å². The molecular weight excluding hydrogens is 240 g/mol. The third-order valence-corrected chi connectivity index (χ3v) is 7.53. The fourth-order valence-electron chi connectivity index (χ4n) is 5.97. The third kappa shape index (κ3) is 2.28. The second-order valence-electron chi connectivity index (χ2n) is 8.97. The lowest BCUT2D eigenvalue weighted by molar-refractivity contribution is 0.181. The van der Waals surface area contributed by atoms with Crippen molar-refractivity contribution >= 4 is 0 Å². The minimum atomic E-state index is 0.509. The van der Waals surface area contributed by atoms with Crippen LogP contribution in [0.15, 0.2) is 12.2 Å². The van der Waals surface area contributed by atoms with Gasteiger partial charge in [0.15, 0.2) is 0 Å². The summed E-state index contributed by atoms with van der Waals surface area (Å²) in [6, 6.07) is 0. The van der Waals surface area contributed by atoms with Gasteiger partial charge in [0, 0.05) is 0 Å². The largest absolute Gasteiger partial charge is 0.0993 e.